The van der Waals surface area contributed by atoms with E-state index in [-0.39, 0.29) is 5.91 Å². The van der Waals surface area contributed by atoms with Gasteiger partial charge in [-0.25, -0.2) is 0 Å². The van der Waals surface area contributed by atoms with Crippen LogP contribution in [0.2, 0.25) is 0 Å². The molecule has 88 valence electrons. The van der Waals surface area contributed by atoms with Crippen LogP contribution in [0.15, 0.2) is 49.2 Å². The van der Waals surface area contributed by atoms with E-state index in [1.165, 1.54) is 0 Å². The molecular formula is C12H9N5O. The molecule has 18 heavy (non-hydrogen) atoms. The summed E-state index contributed by atoms with van der Waals surface area (Å²) in [5, 5.41) is 10.5. The van der Waals surface area contributed by atoms with Gasteiger partial charge in [0.1, 0.15) is 6.33 Å². The molecule has 3 rings (SSSR count). The highest BCUT2D eigenvalue weighted by molar-refractivity contribution is 6.04. The molecule has 0 atom stereocenters. The number of amides is 1. The number of hydrogen-bond donors (Lipinski definition) is 1. The van der Waals surface area contributed by atoms with Crippen molar-refractivity contribution in [1.82, 2.24) is 19.6 Å². The topological polar surface area (TPSA) is 72.2 Å². The zero-order valence-electron chi connectivity index (χ0n) is 9.32. The summed E-state index contributed by atoms with van der Waals surface area (Å²) >= 11 is 0. The number of rotatable bonds is 2. The molecule has 6 nitrogen and oxygen atoms in total. The predicted molar refractivity (Wildman–Crippen MR) is 65.2 cm³/mol. The van der Waals surface area contributed by atoms with Crippen molar-refractivity contribution in [2.75, 3.05) is 5.32 Å². The molecule has 1 amide bonds. The Bertz CT molecular complexity index is 692. The second kappa shape index (κ2) is 4.25. The Hall–Kier alpha value is -2.76. The summed E-state index contributed by atoms with van der Waals surface area (Å²) in [5.74, 6) is -0.176. The van der Waals surface area contributed by atoms with Gasteiger partial charge in [0.05, 0.1) is 5.69 Å². The summed E-state index contributed by atoms with van der Waals surface area (Å²) < 4.78 is 1.74. The fourth-order valence-corrected chi connectivity index (χ4v) is 1.61. The van der Waals surface area contributed by atoms with Crippen LogP contribution in [0.3, 0.4) is 0 Å². The minimum absolute atomic E-state index is 0.176. The van der Waals surface area contributed by atoms with Crippen molar-refractivity contribution < 1.29 is 4.79 Å². The first-order chi connectivity index (χ1) is 8.83. The molecule has 0 unspecified atom stereocenters. The Balaban J connectivity index is 1.86. The number of carbonyl (C=O) groups is 1. The molecule has 3 aromatic heterocycles. The molecular weight excluding hydrogens is 230 g/mol. The first-order valence-electron chi connectivity index (χ1n) is 5.34. The lowest BCUT2D eigenvalue weighted by Crippen LogP contribution is -2.12. The molecule has 0 bridgehead atoms. The Labute approximate surface area is 102 Å². The predicted octanol–water partition coefficient (Wildman–Crippen LogP) is 1.38. The molecule has 0 spiro atoms. The van der Waals surface area contributed by atoms with Crippen LogP contribution in [-0.2, 0) is 0 Å². The highest BCUT2D eigenvalue weighted by atomic mass is 16.1. The monoisotopic (exact) mass is 239 g/mol. The number of pyridine rings is 2. The maximum atomic E-state index is 11.9. The highest BCUT2D eigenvalue weighted by Crippen LogP contribution is 2.10. The molecule has 0 aliphatic rings. The Morgan fingerprint density at radius 2 is 2.00 bits per heavy atom. The normalized spacial score (nSPS) is 10.4. The minimum Gasteiger partial charge on any atom is -0.321 e. The number of fused-ring (bicyclic) bond motifs is 1. The van der Waals surface area contributed by atoms with Gasteiger partial charge < -0.3 is 5.32 Å². The van der Waals surface area contributed by atoms with Crippen molar-refractivity contribution >= 4 is 17.2 Å². The van der Waals surface area contributed by atoms with Gasteiger partial charge in [-0.2, -0.15) is 0 Å². The van der Waals surface area contributed by atoms with Crippen molar-refractivity contribution in [3.8, 4) is 0 Å². The zero-order valence-corrected chi connectivity index (χ0v) is 9.32. The number of carbonyl (C=O) groups excluding carboxylic acids is 1. The summed E-state index contributed by atoms with van der Waals surface area (Å²) in [6.07, 6.45) is 6.50. The van der Waals surface area contributed by atoms with E-state index in [0.29, 0.717) is 11.3 Å². The van der Waals surface area contributed by atoms with Crippen LogP contribution in [0, 0.1) is 0 Å². The lowest BCUT2D eigenvalue weighted by atomic mass is 10.2. The van der Waals surface area contributed by atoms with Crippen LogP contribution in [0.4, 0.5) is 5.69 Å². The minimum atomic E-state index is -0.176. The number of nitrogens with one attached hydrogen (secondary N) is 1. The van der Waals surface area contributed by atoms with E-state index >= 15 is 0 Å². The molecule has 0 radical (unpaired) electrons. The fraction of sp³-hybridized carbons (Fsp3) is 0. The Morgan fingerprint density at radius 3 is 2.83 bits per heavy atom. The summed E-state index contributed by atoms with van der Waals surface area (Å²) in [6.45, 7) is 0. The SMILES string of the molecule is O=C(Nc1ccc2nncn2c1)c1ccncc1. The van der Waals surface area contributed by atoms with Crippen molar-refractivity contribution in [2.45, 2.75) is 0 Å². The van der Waals surface area contributed by atoms with Gasteiger partial charge in [0.25, 0.3) is 5.91 Å². The van der Waals surface area contributed by atoms with E-state index in [1.54, 1.807) is 53.6 Å². The van der Waals surface area contributed by atoms with Gasteiger partial charge in [0.2, 0.25) is 0 Å². The summed E-state index contributed by atoms with van der Waals surface area (Å²) in [5.41, 5.74) is 1.98. The van der Waals surface area contributed by atoms with Gasteiger partial charge >= 0.3 is 0 Å². The molecule has 3 aromatic rings. The number of hydrogen-bond acceptors (Lipinski definition) is 4. The van der Waals surface area contributed by atoms with Gasteiger partial charge in [-0.3, -0.25) is 14.2 Å². The number of nitrogens with zero attached hydrogens (tertiary/aromatic N) is 4. The molecule has 3 heterocycles. The second-order valence-corrected chi connectivity index (χ2v) is 3.70. The third-order valence-corrected chi connectivity index (χ3v) is 2.49. The second-order valence-electron chi connectivity index (χ2n) is 3.70. The molecule has 0 aliphatic carbocycles. The molecule has 0 saturated carbocycles. The third kappa shape index (κ3) is 1.91. The van der Waals surface area contributed by atoms with E-state index in [9.17, 15) is 4.79 Å². The Morgan fingerprint density at radius 1 is 1.17 bits per heavy atom. The quantitative estimate of drug-likeness (QED) is 0.733. The van der Waals surface area contributed by atoms with Gasteiger partial charge in [0.15, 0.2) is 5.65 Å². The molecule has 0 aliphatic heterocycles. The van der Waals surface area contributed by atoms with Crippen LogP contribution < -0.4 is 5.32 Å². The summed E-state index contributed by atoms with van der Waals surface area (Å²) in [6, 6.07) is 6.89. The van der Waals surface area contributed by atoms with Crippen molar-refractivity contribution in [1.29, 1.82) is 0 Å². The highest BCUT2D eigenvalue weighted by Gasteiger charge is 2.05. The standard InChI is InChI=1S/C12H9N5O/c18-12(9-3-5-13-6-4-9)15-10-1-2-11-16-14-8-17(11)7-10/h1-8H,(H,15,18). The summed E-state index contributed by atoms with van der Waals surface area (Å²) in [7, 11) is 0. The Kier molecular flexibility index (Phi) is 2.45. The largest absolute Gasteiger partial charge is 0.321 e. The average molecular weight is 239 g/mol. The van der Waals surface area contributed by atoms with E-state index in [0.717, 1.165) is 5.65 Å². The molecule has 0 saturated heterocycles. The van der Waals surface area contributed by atoms with Crippen molar-refractivity contribution in [3.63, 3.8) is 0 Å². The maximum absolute atomic E-state index is 11.9. The molecule has 1 N–H and O–H groups in total. The van der Waals surface area contributed by atoms with Crippen molar-refractivity contribution in [2.24, 2.45) is 0 Å². The maximum Gasteiger partial charge on any atom is 0.255 e. The van der Waals surface area contributed by atoms with Crippen LogP contribution in [0.5, 0.6) is 0 Å². The lowest BCUT2D eigenvalue weighted by molar-refractivity contribution is 0.102. The molecule has 0 aromatic carbocycles. The first kappa shape index (κ1) is 10.4. The average Bonchev–Trinajstić information content (AvgIpc) is 2.87. The molecule has 0 fully saturated rings. The van der Waals surface area contributed by atoms with Crippen LogP contribution >= 0.6 is 0 Å². The van der Waals surface area contributed by atoms with Gasteiger partial charge in [0, 0.05) is 24.2 Å². The fourth-order valence-electron chi connectivity index (χ4n) is 1.61. The van der Waals surface area contributed by atoms with E-state index in [4.69, 9.17) is 0 Å². The smallest absolute Gasteiger partial charge is 0.255 e. The van der Waals surface area contributed by atoms with Crippen LogP contribution in [0.1, 0.15) is 10.4 Å². The lowest BCUT2D eigenvalue weighted by Gasteiger charge is -2.05. The summed E-state index contributed by atoms with van der Waals surface area (Å²) in [4.78, 5) is 15.8. The molecule has 6 heteroatoms. The van der Waals surface area contributed by atoms with Gasteiger partial charge in [-0.15, -0.1) is 10.2 Å². The van der Waals surface area contributed by atoms with Crippen LogP contribution in [0.25, 0.3) is 5.65 Å². The van der Waals surface area contributed by atoms with Crippen molar-refractivity contribution in [3.05, 3.63) is 54.7 Å². The first-order valence-corrected chi connectivity index (χ1v) is 5.34. The van der Waals surface area contributed by atoms with Crippen LogP contribution in [-0.4, -0.2) is 25.5 Å². The van der Waals surface area contributed by atoms with Gasteiger partial charge in [-0.05, 0) is 24.3 Å². The van der Waals surface area contributed by atoms with Gasteiger partial charge in [-0.1, -0.05) is 0 Å². The zero-order chi connectivity index (χ0) is 12.4. The van der Waals surface area contributed by atoms with E-state index < -0.39 is 0 Å². The van der Waals surface area contributed by atoms with E-state index in [2.05, 4.69) is 20.5 Å². The number of aromatic nitrogens is 4. The van der Waals surface area contributed by atoms with E-state index in [1.807, 2.05) is 0 Å². The third-order valence-electron chi connectivity index (χ3n) is 2.49. The number of anilines is 1.